The molecule has 0 atom stereocenters. The highest BCUT2D eigenvalue weighted by Gasteiger charge is 2.27. The number of carbonyl (C=O) groups is 6. The SMILES string of the molecule is COC(=O)CN(CCN(CC(=O)OC(C)(C)C)CC(=O)OC(C)(C)C)Cc1cc(C#Cc2ccc(OCC(=O)Cl)cc2)cc(CN(CC(=O)OC(C)(C)C)CC(=O)OC(C)(C)C)n1. The van der Waals surface area contributed by atoms with Crippen molar-refractivity contribution in [3.8, 4) is 17.6 Å². The Morgan fingerprint density at radius 2 is 0.905 bits per heavy atom. The number of aromatic nitrogens is 1. The third kappa shape index (κ3) is 25.6. The Balaban J connectivity index is 2.62. The van der Waals surface area contributed by atoms with Gasteiger partial charge in [-0.05, 0) is 131 Å². The van der Waals surface area contributed by atoms with E-state index in [2.05, 4.69) is 11.8 Å². The molecule has 2 aromatic rings. The third-order valence-electron chi connectivity index (χ3n) is 7.66. The molecule has 1 aromatic heterocycles. The second-order valence-electron chi connectivity index (χ2n) is 18.7. The minimum Gasteiger partial charge on any atom is -0.484 e. The molecule has 348 valence electrons. The number of esters is 5. The molecule has 0 aliphatic carbocycles. The molecule has 0 saturated carbocycles. The van der Waals surface area contributed by atoms with Gasteiger partial charge in [-0.15, -0.1) is 0 Å². The highest BCUT2D eigenvalue weighted by atomic mass is 35.5. The summed E-state index contributed by atoms with van der Waals surface area (Å²) in [5.41, 5.74) is -1.03. The van der Waals surface area contributed by atoms with Crippen molar-refractivity contribution in [2.45, 2.75) is 119 Å². The Hall–Kier alpha value is -5.08. The van der Waals surface area contributed by atoms with Crippen LogP contribution < -0.4 is 4.74 Å². The molecular weight excluding hydrogens is 836 g/mol. The summed E-state index contributed by atoms with van der Waals surface area (Å²) in [5.74, 6) is 3.95. The van der Waals surface area contributed by atoms with E-state index in [1.54, 1.807) is 134 Å². The van der Waals surface area contributed by atoms with Crippen LogP contribution in [0.1, 0.15) is 106 Å². The monoisotopic (exact) mass is 900 g/mol. The second-order valence-corrected chi connectivity index (χ2v) is 19.2. The number of hydrogen-bond acceptors (Lipinski definition) is 16. The smallest absolute Gasteiger partial charge is 0.320 e. The van der Waals surface area contributed by atoms with Gasteiger partial charge in [-0.3, -0.25) is 48.5 Å². The molecule has 0 bridgehead atoms. The molecule has 0 aliphatic heterocycles. The van der Waals surface area contributed by atoms with Crippen molar-refractivity contribution in [1.29, 1.82) is 0 Å². The quantitative estimate of drug-likeness (QED) is 0.0743. The van der Waals surface area contributed by atoms with Gasteiger partial charge in [-0.1, -0.05) is 11.8 Å². The number of halogens is 1. The highest BCUT2D eigenvalue weighted by Crippen LogP contribution is 2.17. The minimum atomic E-state index is -0.778. The molecule has 0 aliphatic rings. The lowest BCUT2D eigenvalue weighted by molar-refractivity contribution is -0.162. The van der Waals surface area contributed by atoms with Gasteiger partial charge in [0.2, 0.25) is 0 Å². The first-order valence-corrected chi connectivity index (χ1v) is 20.9. The zero-order valence-corrected chi connectivity index (χ0v) is 39.9. The van der Waals surface area contributed by atoms with E-state index in [1.807, 2.05) is 0 Å². The molecule has 0 unspecified atom stereocenters. The number of ether oxygens (including phenoxy) is 6. The maximum Gasteiger partial charge on any atom is 0.320 e. The van der Waals surface area contributed by atoms with Crippen molar-refractivity contribution in [2.24, 2.45) is 0 Å². The van der Waals surface area contributed by atoms with Gasteiger partial charge in [0.1, 0.15) is 28.2 Å². The average Bonchev–Trinajstić information content (AvgIpc) is 3.09. The summed E-state index contributed by atoms with van der Waals surface area (Å²) < 4.78 is 32.6. The Kier molecular flexibility index (Phi) is 20.7. The zero-order chi connectivity index (χ0) is 47.8. The number of methoxy groups -OCH3 is 1. The fourth-order valence-electron chi connectivity index (χ4n) is 5.61. The molecular formula is C46H65ClN4O12. The van der Waals surface area contributed by atoms with E-state index in [1.165, 1.54) is 7.11 Å². The summed E-state index contributed by atoms with van der Waals surface area (Å²) >= 11 is 5.40. The van der Waals surface area contributed by atoms with E-state index in [4.69, 9.17) is 45.0 Å². The van der Waals surface area contributed by atoms with Gasteiger partial charge in [-0.2, -0.15) is 0 Å². The van der Waals surface area contributed by atoms with Crippen LogP contribution in [0.2, 0.25) is 0 Å². The Morgan fingerprint density at radius 3 is 1.30 bits per heavy atom. The van der Waals surface area contributed by atoms with Crippen molar-refractivity contribution >= 4 is 46.7 Å². The van der Waals surface area contributed by atoms with Crippen LogP contribution in [0, 0.1) is 11.8 Å². The van der Waals surface area contributed by atoms with Gasteiger partial charge in [0.15, 0.2) is 6.61 Å². The molecule has 2 rings (SSSR count). The Bertz CT molecular complexity index is 1890. The fraction of sp³-hybridized carbons (Fsp3) is 0.587. The van der Waals surface area contributed by atoms with Crippen molar-refractivity contribution < 1.29 is 57.2 Å². The topological polar surface area (TPSA) is 180 Å². The lowest BCUT2D eigenvalue weighted by atomic mass is 10.1. The van der Waals surface area contributed by atoms with E-state index >= 15 is 0 Å². The summed E-state index contributed by atoms with van der Waals surface area (Å²) in [6.45, 7) is 19.9. The predicted octanol–water partition coefficient (Wildman–Crippen LogP) is 5.07. The summed E-state index contributed by atoms with van der Waals surface area (Å²) in [7, 11) is 1.27. The summed E-state index contributed by atoms with van der Waals surface area (Å²) in [4.78, 5) is 85.8. The van der Waals surface area contributed by atoms with Crippen LogP contribution >= 0.6 is 11.6 Å². The van der Waals surface area contributed by atoms with Crippen LogP contribution in [-0.4, -0.2) is 137 Å². The van der Waals surface area contributed by atoms with Crippen molar-refractivity contribution in [3.05, 3.63) is 58.9 Å². The van der Waals surface area contributed by atoms with E-state index in [9.17, 15) is 28.8 Å². The normalized spacial score (nSPS) is 12.0. The van der Waals surface area contributed by atoms with Crippen LogP contribution in [-0.2, 0) is 65.5 Å². The lowest BCUT2D eigenvalue weighted by Crippen LogP contribution is -2.44. The highest BCUT2D eigenvalue weighted by molar-refractivity contribution is 6.63. The van der Waals surface area contributed by atoms with Gasteiger partial charge in [-0.25, -0.2) is 0 Å². The van der Waals surface area contributed by atoms with E-state index in [0.717, 1.165) is 0 Å². The average molecular weight is 901 g/mol. The van der Waals surface area contributed by atoms with Gasteiger partial charge in [0.25, 0.3) is 5.24 Å². The van der Waals surface area contributed by atoms with Gasteiger partial charge < -0.3 is 28.4 Å². The minimum absolute atomic E-state index is 0.00287. The predicted molar refractivity (Wildman–Crippen MR) is 235 cm³/mol. The molecule has 0 saturated heterocycles. The van der Waals surface area contributed by atoms with Gasteiger partial charge >= 0.3 is 29.8 Å². The maximum atomic E-state index is 13.1. The molecule has 0 spiro atoms. The molecule has 1 aromatic carbocycles. The van der Waals surface area contributed by atoms with Crippen molar-refractivity contribution in [1.82, 2.24) is 19.7 Å². The first-order chi connectivity index (χ1) is 29.0. The second kappa shape index (κ2) is 24.1. The van der Waals surface area contributed by atoms with Crippen LogP contribution in [0.15, 0.2) is 36.4 Å². The third-order valence-corrected chi connectivity index (χ3v) is 7.77. The number of benzene rings is 1. The summed E-state index contributed by atoms with van der Waals surface area (Å²) in [6.07, 6.45) is 0. The standard InChI is InChI=1S/C46H65ClN4O12/c1-43(2,3)60-39(54)27-50(28-40(55)61-44(4,5)6)21-20-49(26-38(53)58-13)24-34-22-33(15-14-32-16-18-36(19-17-32)59-31-37(47)52)23-35(48-34)25-51(29-41(56)62-45(7,8)9)30-42(57)63-46(10,11)12/h16-19,22-23H,20-21,24-31H2,1-13H3. The summed E-state index contributed by atoms with van der Waals surface area (Å²) in [5, 5.41) is -0.636. The van der Waals surface area contributed by atoms with Gasteiger partial charge in [0.05, 0.1) is 51.2 Å². The fourth-order valence-corrected chi connectivity index (χ4v) is 5.67. The number of carbonyl (C=O) groups excluding carboxylic acids is 6. The molecule has 0 N–H and O–H groups in total. The van der Waals surface area contributed by atoms with Crippen LogP contribution in [0.3, 0.4) is 0 Å². The lowest BCUT2D eigenvalue weighted by Gasteiger charge is -2.28. The molecule has 17 heteroatoms. The van der Waals surface area contributed by atoms with Crippen LogP contribution in [0.4, 0.5) is 0 Å². The largest absolute Gasteiger partial charge is 0.484 e. The molecule has 0 amide bonds. The van der Waals surface area contributed by atoms with Crippen LogP contribution in [0.25, 0.3) is 0 Å². The van der Waals surface area contributed by atoms with Crippen molar-refractivity contribution in [3.63, 3.8) is 0 Å². The summed E-state index contributed by atoms with van der Waals surface area (Å²) in [6, 6.07) is 10.2. The molecule has 0 fully saturated rings. The molecule has 0 radical (unpaired) electrons. The molecule has 16 nitrogen and oxygen atoms in total. The van der Waals surface area contributed by atoms with Crippen molar-refractivity contribution in [2.75, 3.05) is 59.5 Å². The van der Waals surface area contributed by atoms with Gasteiger partial charge in [0, 0.05) is 37.3 Å². The first kappa shape index (κ1) is 54.1. The Labute approximate surface area is 377 Å². The number of hydrogen-bond donors (Lipinski definition) is 0. The van der Waals surface area contributed by atoms with Crippen LogP contribution in [0.5, 0.6) is 5.75 Å². The first-order valence-electron chi connectivity index (χ1n) is 20.5. The van der Waals surface area contributed by atoms with E-state index < -0.39 is 57.5 Å². The number of pyridine rings is 1. The Morgan fingerprint density at radius 1 is 0.540 bits per heavy atom. The van der Waals surface area contributed by atoms with E-state index in [-0.39, 0.29) is 65.5 Å². The zero-order valence-electron chi connectivity index (χ0n) is 39.1. The molecule has 1 heterocycles. The van der Waals surface area contributed by atoms with E-state index in [0.29, 0.717) is 28.3 Å². The number of nitrogens with zero attached hydrogens (tertiary/aromatic N) is 4. The maximum absolute atomic E-state index is 13.1. The number of rotatable bonds is 20. The molecule has 63 heavy (non-hydrogen) atoms.